The quantitative estimate of drug-likeness (QED) is 0.0472. The molecule has 5 saturated heterocycles. The predicted octanol–water partition coefficient (Wildman–Crippen LogP) is 21.0. The van der Waals surface area contributed by atoms with Crippen molar-refractivity contribution in [2.24, 2.45) is 0 Å². The van der Waals surface area contributed by atoms with Gasteiger partial charge in [0.1, 0.15) is 28.7 Å². The molecule has 0 aromatic heterocycles. The third-order valence-corrected chi connectivity index (χ3v) is 33.5. The molecule has 5 aliphatic rings. The van der Waals surface area contributed by atoms with Gasteiger partial charge in [0.15, 0.2) is 0 Å². The highest BCUT2D eigenvalue weighted by Gasteiger charge is 2.26. The first-order valence-electron chi connectivity index (χ1n) is 46.3. The van der Waals surface area contributed by atoms with Crippen LogP contribution in [0.25, 0.3) is 0 Å². The van der Waals surface area contributed by atoms with Gasteiger partial charge < -0.3 is 25.5 Å². The number of hydrogen-bond donors (Lipinski definition) is 5. The zero-order valence-corrected chi connectivity index (χ0v) is 83.3. The fourth-order valence-corrected chi connectivity index (χ4v) is 25.1. The minimum atomic E-state index is -0.0578. The summed E-state index contributed by atoms with van der Waals surface area (Å²) in [5, 5.41) is 65.2. The molecule has 15 rings (SSSR count). The summed E-state index contributed by atoms with van der Waals surface area (Å²) in [6.45, 7) is 53.8. The van der Waals surface area contributed by atoms with Gasteiger partial charge in [0.2, 0.25) is 0 Å². The van der Waals surface area contributed by atoms with Gasteiger partial charge in [-0.3, -0.25) is 24.5 Å². The van der Waals surface area contributed by atoms with E-state index >= 15 is 0 Å². The molecule has 5 unspecified atom stereocenters. The van der Waals surface area contributed by atoms with E-state index in [9.17, 15) is 25.5 Å². The molecule has 10 aromatic rings. The molecule has 5 heterocycles. The lowest BCUT2D eigenvalue weighted by Crippen LogP contribution is -2.31. The molecule has 0 amide bonds. The summed E-state index contributed by atoms with van der Waals surface area (Å²) in [7, 11) is 2.52. The molecule has 10 aromatic carbocycles. The molecule has 124 heavy (non-hydrogen) atoms. The van der Waals surface area contributed by atoms with E-state index in [0.29, 0.717) is 71.7 Å². The lowest BCUT2D eigenvalue weighted by molar-refractivity contribution is 0.221. The van der Waals surface area contributed by atoms with Crippen LogP contribution in [-0.2, 0) is 43.6 Å². The maximum atomic E-state index is 11.0. The van der Waals surface area contributed by atoms with Gasteiger partial charge in [-0.2, -0.15) is 0 Å². The standard InChI is InChI=1S/2C24H34NOP.C21H28NOP.2C20H26NOP/c1-17-14-20(24(3,4)5)22(26)21(15-17)27-23-18(2)10-9-11-19(23)16-25-12-7-6-8-13-25;1-17-10-9-11-19(16-25-12-7-6-8-13-25)23(17)27-21-15-20(24(3,4)5)14-18(2)22(21)26;1-15-12-17(3)20(23)19(13-15)24-21-16(2)8-7-9-18(21)14-22-10-5-4-6-11-22;1-15-8-7-11-18(19(15)22)23-20-16(2)9-6-10-17(20)14-21-12-4-3-5-13-21;1-15-9-10-18(22)19(13-15)23-20-16(2)7-6-8-17(20)14-21-11-4-3-5-12-21/h2*9-11,14-15,26-27H,6-8,12-13,16H2,1-5H3;7-9,12-13,23-24H,4-6,10-11,14H2,1-3H3;6-11,22-23H,3-5,12-14H2,1-2H3;6-10,13,22-23H,3-5,11-12,14H2,1-2H3. The number of phenolic OH excluding ortho intramolecular Hbond substituents is 5. The lowest BCUT2D eigenvalue weighted by Gasteiger charge is -2.28. The smallest absolute Gasteiger partial charge is 0.127 e. The normalized spacial score (nSPS) is 16.3. The molecule has 0 bridgehead atoms. The number of nitrogens with zero attached hydrogens (tertiary/aromatic N) is 5. The van der Waals surface area contributed by atoms with E-state index in [0.717, 1.165) is 81.5 Å². The maximum Gasteiger partial charge on any atom is 0.127 e. The Morgan fingerprint density at radius 3 is 0.855 bits per heavy atom. The van der Waals surface area contributed by atoms with Gasteiger partial charge in [0.25, 0.3) is 0 Å². The minimum absolute atomic E-state index is 0.0578. The fraction of sp³-hybridized carbons (Fsp3) is 0.450. The van der Waals surface area contributed by atoms with Gasteiger partial charge in [0, 0.05) is 64.8 Å². The van der Waals surface area contributed by atoms with Crippen LogP contribution in [0.3, 0.4) is 0 Å². The van der Waals surface area contributed by atoms with Crippen LogP contribution in [0, 0.1) is 76.2 Å². The third kappa shape index (κ3) is 28.3. The average molecular weight is 1760 g/mol. The number of piperidine rings is 5. The predicted molar refractivity (Wildman–Crippen MR) is 546 cm³/mol. The van der Waals surface area contributed by atoms with Crippen molar-refractivity contribution in [3.63, 3.8) is 0 Å². The Balaban J connectivity index is 0.000000151. The highest BCUT2D eigenvalue weighted by Crippen LogP contribution is 2.37. The SMILES string of the molecule is Cc1cc(C(C)(C)C)cc(Pc2c(C)cccc2CN2CCCCC2)c1O.Cc1cc(C)c(O)c(Pc2c(C)cccc2CN2CCCCC2)c1.Cc1cc(Pc2c(C)cccc2CN2CCCCC2)c(O)c(C(C)(C)C)c1.Cc1ccc(O)c(Pc2c(C)cccc2CN2CCCCC2)c1.Cc1cccc(Pc2c(C)cccc2CN2CCCCC2)c1O. The van der Waals surface area contributed by atoms with Gasteiger partial charge in [0.05, 0.1) is 0 Å². The first-order valence-corrected chi connectivity index (χ1v) is 51.3. The van der Waals surface area contributed by atoms with E-state index in [-0.39, 0.29) is 10.8 Å². The molecular formula is C109H148N5O5P5. The largest absolute Gasteiger partial charge is 0.507 e. The monoisotopic (exact) mass is 1760 g/mol. The summed E-state index contributed by atoms with van der Waals surface area (Å²) in [6.07, 6.45) is 20.0. The summed E-state index contributed by atoms with van der Waals surface area (Å²) in [4.78, 5) is 12.9. The summed E-state index contributed by atoms with van der Waals surface area (Å²) in [5.41, 5.74) is 22.7. The Labute approximate surface area is 756 Å². The number of likely N-dealkylation sites (tertiary alicyclic amines) is 5. The summed E-state index contributed by atoms with van der Waals surface area (Å²) in [6, 6.07) is 58.0. The Kier molecular flexibility index (Phi) is 37.0. The second-order valence-electron chi connectivity index (χ2n) is 38.2. The Morgan fingerprint density at radius 2 is 0.516 bits per heavy atom. The topological polar surface area (TPSA) is 117 Å². The van der Waals surface area contributed by atoms with Crippen LogP contribution in [0.4, 0.5) is 0 Å². The van der Waals surface area contributed by atoms with Crippen LogP contribution >= 0.6 is 42.9 Å². The van der Waals surface area contributed by atoms with Crippen LogP contribution in [0.5, 0.6) is 28.7 Å². The van der Waals surface area contributed by atoms with Gasteiger partial charge in [-0.15, -0.1) is 0 Å². The number of rotatable bonds is 20. The summed E-state index contributed by atoms with van der Waals surface area (Å²) in [5.74, 6) is 2.29. The first-order chi connectivity index (χ1) is 59.3. The molecule has 5 N–H and O–H groups in total. The lowest BCUT2D eigenvalue weighted by atomic mass is 9.85. The second kappa shape index (κ2) is 46.9. The van der Waals surface area contributed by atoms with Crippen LogP contribution < -0.4 is 53.0 Å². The molecule has 15 heteroatoms. The van der Waals surface area contributed by atoms with E-state index in [1.54, 1.807) is 0 Å². The highest BCUT2D eigenvalue weighted by atomic mass is 31.1. The van der Waals surface area contributed by atoms with Gasteiger partial charge in [-0.05, 0) is 363 Å². The molecular weight excluding hydrogens is 1610 g/mol. The summed E-state index contributed by atoms with van der Waals surface area (Å²) >= 11 is 0. The molecule has 10 nitrogen and oxygen atoms in total. The van der Waals surface area contributed by atoms with Crippen molar-refractivity contribution >= 4 is 95.9 Å². The van der Waals surface area contributed by atoms with E-state index in [1.165, 1.54) is 266 Å². The van der Waals surface area contributed by atoms with Crippen LogP contribution in [0.1, 0.15) is 238 Å². The van der Waals surface area contributed by atoms with E-state index < -0.39 is 0 Å². The van der Waals surface area contributed by atoms with Gasteiger partial charge >= 0.3 is 0 Å². The number of para-hydroxylation sites is 1. The molecule has 5 fully saturated rings. The van der Waals surface area contributed by atoms with Crippen LogP contribution in [0.2, 0.25) is 0 Å². The molecule has 0 aliphatic carbocycles. The molecule has 664 valence electrons. The van der Waals surface area contributed by atoms with Crippen molar-refractivity contribution in [1.29, 1.82) is 0 Å². The zero-order valence-electron chi connectivity index (χ0n) is 78.3. The van der Waals surface area contributed by atoms with Crippen LogP contribution in [0.15, 0.2) is 164 Å². The van der Waals surface area contributed by atoms with Crippen molar-refractivity contribution in [2.45, 2.75) is 258 Å². The highest BCUT2D eigenvalue weighted by molar-refractivity contribution is 7.57. The van der Waals surface area contributed by atoms with Crippen molar-refractivity contribution < 1.29 is 25.5 Å². The van der Waals surface area contributed by atoms with Crippen LogP contribution in [-0.4, -0.2) is 115 Å². The van der Waals surface area contributed by atoms with Crippen molar-refractivity contribution in [3.8, 4) is 28.7 Å². The van der Waals surface area contributed by atoms with E-state index in [2.05, 4.69) is 261 Å². The van der Waals surface area contributed by atoms with Crippen molar-refractivity contribution in [1.82, 2.24) is 24.5 Å². The fourth-order valence-electron chi connectivity index (χ4n) is 18.0. The number of aryl methyl sites for hydroxylation is 11. The van der Waals surface area contributed by atoms with Crippen molar-refractivity contribution in [3.05, 3.63) is 264 Å². The minimum Gasteiger partial charge on any atom is -0.507 e. The molecule has 5 aliphatic heterocycles. The maximum absolute atomic E-state index is 11.0. The molecule has 5 atom stereocenters. The first kappa shape index (κ1) is 97.8. The molecule has 0 radical (unpaired) electrons. The van der Waals surface area contributed by atoms with Gasteiger partial charge in [-0.25, -0.2) is 0 Å². The molecule has 0 saturated carbocycles. The number of hydrogen-bond acceptors (Lipinski definition) is 10. The summed E-state index contributed by atoms with van der Waals surface area (Å²) < 4.78 is 0. The van der Waals surface area contributed by atoms with E-state index in [1.807, 2.05) is 45.0 Å². The average Bonchev–Trinajstić information content (AvgIpc) is 0.801. The van der Waals surface area contributed by atoms with E-state index in [4.69, 9.17) is 0 Å². The van der Waals surface area contributed by atoms with Gasteiger partial charge in [-0.1, -0.05) is 256 Å². The number of benzene rings is 10. The van der Waals surface area contributed by atoms with Crippen molar-refractivity contribution in [2.75, 3.05) is 65.4 Å². The second-order valence-corrected chi connectivity index (χ2v) is 44.7. The third-order valence-electron chi connectivity index (χ3n) is 25.4. The Bertz CT molecular complexity index is 5010. The Hall–Kier alpha value is -6.85. The zero-order chi connectivity index (χ0) is 88.8. The number of aromatic hydroxyl groups is 5. The molecule has 0 spiro atoms. The Morgan fingerprint density at radius 1 is 0.242 bits per heavy atom. The number of phenols is 5.